The van der Waals surface area contributed by atoms with Gasteiger partial charge in [-0.05, 0) is 62.7 Å². The van der Waals surface area contributed by atoms with Gasteiger partial charge in [0.25, 0.3) is 0 Å². The van der Waals surface area contributed by atoms with E-state index in [1.807, 2.05) is 6.92 Å². The van der Waals surface area contributed by atoms with Gasteiger partial charge in [-0.2, -0.15) is 0 Å². The lowest BCUT2D eigenvalue weighted by molar-refractivity contribution is -0.239. The molecule has 0 radical (unpaired) electrons. The maximum atomic E-state index is 13.2. The number of allylic oxidation sites excluding steroid dienone is 1. The van der Waals surface area contributed by atoms with Crippen LogP contribution in [0.4, 0.5) is 0 Å². The first-order valence-corrected chi connectivity index (χ1v) is 11.7. The van der Waals surface area contributed by atoms with Crippen LogP contribution in [0.25, 0.3) is 0 Å². The van der Waals surface area contributed by atoms with Crippen molar-refractivity contribution in [3.05, 3.63) is 11.6 Å². The highest BCUT2D eigenvalue weighted by molar-refractivity contribution is 5.75. The van der Waals surface area contributed by atoms with Crippen LogP contribution < -0.4 is 0 Å². The van der Waals surface area contributed by atoms with Crippen molar-refractivity contribution in [3.63, 3.8) is 0 Å². The minimum atomic E-state index is -0.520. The van der Waals surface area contributed by atoms with Crippen molar-refractivity contribution in [2.45, 2.75) is 77.0 Å². The second kappa shape index (κ2) is 5.86. The maximum absolute atomic E-state index is 13.2. The number of carbonyl (C=O) groups excluding carboxylic acids is 1. The Balaban J connectivity index is 1.50. The normalized spacial score (nSPS) is 62.6. The molecule has 3 heterocycles. The topological polar surface area (TPSA) is 76.0 Å². The molecule has 2 N–H and O–H groups in total. The number of aliphatic hydroxyl groups is 2. The Morgan fingerprint density at radius 1 is 1.10 bits per heavy atom. The molecular formula is C24H34O5. The molecule has 5 heteroatoms. The molecule has 14 atom stereocenters. The molecule has 3 aliphatic heterocycles. The minimum absolute atomic E-state index is 0.0116. The molecule has 0 unspecified atom stereocenters. The molecule has 5 fully saturated rings. The third-order valence-electron chi connectivity index (χ3n) is 10.2. The van der Waals surface area contributed by atoms with E-state index in [0.717, 1.165) is 19.3 Å². The molecule has 0 aromatic heterocycles. The van der Waals surface area contributed by atoms with E-state index in [0.29, 0.717) is 11.8 Å². The predicted molar refractivity (Wildman–Crippen MR) is 106 cm³/mol. The van der Waals surface area contributed by atoms with Crippen molar-refractivity contribution in [1.29, 1.82) is 0 Å². The third-order valence-corrected chi connectivity index (χ3v) is 10.2. The summed E-state index contributed by atoms with van der Waals surface area (Å²) < 4.78 is 12.7. The first-order chi connectivity index (χ1) is 13.7. The van der Waals surface area contributed by atoms with Crippen LogP contribution in [0.2, 0.25) is 0 Å². The highest BCUT2D eigenvalue weighted by Gasteiger charge is 2.69. The van der Waals surface area contributed by atoms with Gasteiger partial charge >= 0.3 is 5.97 Å². The van der Waals surface area contributed by atoms with E-state index in [-0.39, 0.29) is 65.2 Å². The number of ether oxygens (including phenoxy) is 2. The number of hydrogen-bond acceptors (Lipinski definition) is 5. The highest BCUT2D eigenvalue weighted by atomic mass is 16.6. The molecule has 2 saturated carbocycles. The van der Waals surface area contributed by atoms with E-state index in [1.54, 1.807) is 0 Å². The summed E-state index contributed by atoms with van der Waals surface area (Å²) in [5.74, 6) is 0.825. The number of esters is 1. The molecule has 6 aliphatic rings. The fourth-order valence-electron chi connectivity index (χ4n) is 8.72. The summed E-state index contributed by atoms with van der Waals surface area (Å²) >= 11 is 0. The van der Waals surface area contributed by atoms with Crippen molar-refractivity contribution >= 4 is 5.97 Å². The lowest BCUT2D eigenvalue weighted by atomic mass is 9.60. The minimum Gasteiger partial charge on any atom is -0.462 e. The summed E-state index contributed by atoms with van der Waals surface area (Å²) in [6.45, 7) is 8.59. The average Bonchev–Trinajstić information content (AvgIpc) is 3.16. The van der Waals surface area contributed by atoms with E-state index in [1.165, 1.54) is 5.57 Å². The zero-order chi connectivity index (χ0) is 20.4. The molecule has 0 aromatic rings. The van der Waals surface area contributed by atoms with Gasteiger partial charge in [0.2, 0.25) is 0 Å². The largest absolute Gasteiger partial charge is 0.462 e. The average molecular weight is 403 g/mol. The van der Waals surface area contributed by atoms with Crippen LogP contribution in [0, 0.1) is 53.3 Å². The monoisotopic (exact) mass is 402 g/mol. The Labute approximate surface area is 172 Å². The first-order valence-electron chi connectivity index (χ1n) is 11.7. The van der Waals surface area contributed by atoms with Gasteiger partial charge in [-0.3, -0.25) is 4.79 Å². The smallest absolute Gasteiger partial charge is 0.312 e. The quantitative estimate of drug-likeness (QED) is 0.481. The molecule has 6 rings (SSSR count). The van der Waals surface area contributed by atoms with Gasteiger partial charge in [0.05, 0.1) is 29.8 Å². The van der Waals surface area contributed by atoms with Gasteiger partial charge in [0, 0.05) is 17.8 Å². The summed E-state index contributed by atoms with van der Waals surface area (Å²) in [7, 11) is 0. The molecular weight excluding hydrogens is 368 g/mol. The first kappa shape index (κ1) is 18.8. The summed E-state index contributed by atoms with van der Waals surface area (Å²) in [6, 6.07) is 0. The van der Waals surface area contributed by atoms with E-state index in [2.05, 4.69) is 26.8 Å². The summed E-state index contributed by atoms with van der Waals surface area (Å²) in [5, 5.41) is 22.0. The van der Waals surface area contributed by atoms with Crippen LogP contribution in [0.1, 0.15) is 47.0 Å². The fourth-order valence-corrected chi connectivity index (χ4v) is 8.72. The van der Waals surface area contributed by atoms with Crippen LogP contribution in [0.15, 0.2) is 11.6 Å². The number of aliphatic hydroxyl groups excluding tert-OH is 2. The van der Waals surface area contributed by atoms with Crippen molar-refractivity contribution in [2.24, 2.45) is 53.3 Å². The van der Waals surface area contributed by atoms with Crippen LogP contribution in [0.5, 0.6) is 0 Å². The second-order valence-electron chi connectivity index (χ2n) is 11.3. The molecule has 3 aliphatic carbocycles. The molecule has 160 valence electrons. The van der Waals surface area contributed by atoms with E-state index in [9.17, 15) is 15.0 Å². The van der Waals surface area contributed by atoms with Gasteiger partial charge in [0.15, 0.2) is 0 Å². The number of fused-ring (bicyclic) bond motifs is 9. The second-order valence-corrected chi connectivity index (χ2v) is 11.3. The highest BCUT2D eigenvalue weighted by Crippen LogP contribution is 2.66. The van der Waals surface area contributed by atoms with E-state index in [4.69, 9.17) is 9.47 Å². The fraction of sp³-hybridized carbons (Fsp3) is 0.875. The van der Waals surface area contributed by atoms with Gasteiger partial charge in [0.1, 0.15) is 6.10 Å². The van der Waals surface area contributed by atoms with Crippen LogP contribution in [-0.2, 0) is 14.3 Å². The zero-order valence-electron chi connectivity index (χ0n) is 17.8. The predicted octanol–water partition coefficient (Wildman–Crippen LogP) is 2.55. The Hall–Kier alpha value is -0.910. The van der Waals surface area contributed by atoms with E-state index >= 15 is 0 Å². The van der Waals surface area contributed by atoms with Crippen LogP contribution in [-0.4, -0.2) is 46.2 Å². The van der Waals surface area contributed by atoms with Crippen molar-refractivity contribution in [2.75, 3.05) is 0 Å². The lowest BCUT2D eigenvalue weighted by Gasteiger charge is -2.53. The molecule has 29 heavy (non-hydrogen) atoms. The Bertz CT molecular complexity index is 777. The summed E-state index contributed by atoms with van der Waals surface area (Å²) in [4.78, 5) is 13.2. The van der Waals surface area contributed by atoms with Crippen molar-refractivity contribution in [3.8, 4) is 0 Å². The molecule has 3 saturated heterocycles. The Morgan fingerprint density at radius 3 is 2.62 bits per heavy atom. The number of hydrogen-bond donors (Lipinski definition) is 2. The zero-order valence-corrected chi connectivity index (χ0v) is 17.8. The van der Waals surface area contributed by atoms with Gasteiger partial charge in [-0.15, -0.1) is 0 Å². The maximum Gasteiger partial charge on any atom is 0.312 e. The van der Waals surface area contributed by atoms with Crippen LogP contribution >= 0.6 is 0 Å². The molecule has 0 aromatic carbocycles. The summed E-state index contributed by atoms with van der Waals surface area (Å²) in [5.41, 5.74) is 1.10. The van der Waals surface area contributed by atoms with Gasteiger partial charge in [-0.25, -0.2) is 0 Å². The number of rotatable bonds is 0. The van der Waals surface area contributed by atoms with Gasteiger partial charge < -0.3 is 19.7 Å². The standard InChI is InChI=1S/C24H34O5/c1-9-7-13-17(21(26)11(3)20(13)25)16-12(9)8-14-18(16)19-22-10(2)15(28-23(19)27)5-6-24(14,4)29-22/h7,10-22,25-26H,5-6,8H2,1-4H3/t10-,11+,12+,13-,14-,15+,16+,17+,18-,19-,20+,21-,22-,24+/m1/s1. The molecule has 5 nitrogen and oxygen atoms in total. The van der Waals surface area contributed by atoms with Crippen molar-refractivity contribution in [1.82, 2.24) is 0 Å². The Morgan fingerprint density at radius 2 is 1.86 bits per heavy atom. The van der Waals surface area contributed by atoms with Crippen molar-refractivity contribution < 1.29 is 24.5 Å². The summed E-state index contributed by atoms with van der Waals surface area (Å²) in [6.07, 6.45) is 3.92. The SMILES string of the molecule is CC1=C[C@H]2[C@@H](O)[C@H](C)[C@@H](O)[C@@H]2[C@H]2[C@@H]3[C@H]4C(=O)O[C@H]5CC[C@](C)(O[C@@H]4[C@@H]5C)[C@@H]3C[C@@H]12. The molecule has 0 amide bonds. The van der Waals surface area contributed by atoms with Gasteiger partial charge in [-0.1, -0.05) is 25.5 Å². The lowest BCUT2D eigenvalue weighted by Crippen LogP contribution is -2.60. The molecule has 0 spiro atoms. The third kappa shape index (κ3) is 2.20. The Kier molecular flexibility index (Phi) is 3.81. The number of carbonyl (C=O) groups is 1. The van der Waals surface area contributed by atoms with Crippen LogP contribution in [0.3, 0.4) is 0 Å². The van der Waals surface area contributed by atoms with E-state index < -0.39 is 12.2 Å². The molecule has 3 bridgehead atoms.